The molecule has 0 radical (unpaired) electrons. The second-order valence-corrected chi connectivity index (χ2v) is 6.92. The van der Waals surface area contributed by atoms with E-state index in [2.05, 4.69) is 4.98 Å². The Morgan fingerprint density at radius 1 is 1.16 bits per heavy atom. The number of fused-ring (bicyclic) bond motifs is 1. The maximum absolute atomic E-state index is 14.3. The molecule has 0 N–H and O–H groups in total. The standard InChI is InChI=1S/C20H22FN3O/c1-23-19-16(15-7-2-3-8-17(15)21)9-10-18(19)24(20(23)25)13-11-14-6-4-5-12-22-14/h2-8,12,16,18-19H,9-11,13H2,1H3/t16-,18-,19+/m0/s1. The third kappa shape index (κ3) is 2.77. The van der Waals surface area contributed by atoms with E-state index >= 15 is 0 Å². The van der Waals surface area contributed by atoms with Crippen LogP contribution in [0.25, 0.3) is 0 Å². The van der Waals surface area contributed by atoms with E-state index in [1.54, 1.807) is 12.3 Å². The average Bonchev–Trinajstić information content (AvgIpc) is 3.15. The molecule has 5 heteroatoms. The van der Waals surface area contributed by atoms with Gasteiger partial charge in [0.2, 0.25) is 0 Å². The minimum absolute atomic E-state index is 0.0481. The molecule has 4 nitrogen and oxygen atoms in total. The minimum atomic E-state index is -0.166. The Bertz CT molecular complexity index is 767. The lowest BCUT2D eigenvalue weighted by Crippen LogP contribution is -2.36. The molecule has 1 aromatic carbocycles. The Kier molecular flexibility index (Phi) is 4.15. The fraction of sp³-hybridized carbons (Fsp3) is 0.400. The number of likely N-dealkylation sites (N-methyl/N-ethyl adjacent to an activating group) is 1. The van der Waals surface area contributed by atoms with E-state index in [0.29, 0.717) is 6.54 Å². The van der Waals surface area contributed by atoms with Crippen LogP contribution in [-0.4, -0.2) is 46.5 Å². The molecule has 4 rings (SSSR count). The summed E-state index contributed by atoms with van der Waals surface area (Å²) < 4.78 is 14.3. The van der Waals surface area contributed by atoms with Crippen LogP contribution in [0.2, 0.25) is 0 Å². The van der Waals surface area contributed by atoms with Gasteiger partial charge in [0, 0.05) is 37.8 Å². The van der Waals surface area contributed by atoms with Crippen molar-refractivity contribution < 1.29 is 9.18 Å². The molecule has 2 amide bonds. The van der Waals surface area contributed by atoms with Crippen molar-refractivity contribution in [3.63, 3.8) is 0 Å². The molecular formula is C20H22FN3O. The zero-order valence-corrected chi connectivity index (χ0v) is 14.3. The predicted molar refractivity (Wildman–Crippen MR) is 93.8 cm³/mol. The van der Waals surface area contributed by atoms with Crippen molar-refractivity contribution in [1.29, 1.82) is 0 Å². The van der Waals surface area contributed by atoms with Crippen molar-refractivity contribution in [3.05, 3.63) is 65.7 Å². The Labute approximate surface area is 147 Å². The Hall–Kier alpha value is -2.43. The molecule has 0 spiro atoms. The summed E-state index contributed by atoms with van der Waals surface area (Å²) in [5.74, 6) is -0.0964. The first-order valence-corrected chi connectivity index (χ1v) is 8.84. The molecule has 1 saturated carbocycles. The summed E-state index contributed by atoms with van der Waals surface area (Å²) in [6.07, 6.45) is 4.35. The number of aromatic nitrogens is 1. The fourth-order valence-corrected chi connectivity index (χ4v) is 4.46. The van der Waals surface area contributed by atoms with Gasteiger partial charge in [0.15, 0.2) is 0 Å². The van der Waals surface area contributed by atoms with Crippen molar-refractivity contribution in [2.75, 3.05) is 13.6 Å². The van der Waals surface area contributed by atoms with E-state index in [0.717, 1.165) is 30.5 Å². The van der Waals surface area contributed by atoms with Gasteiger partial charge in [0.05, 0.1) is 12.1 Å². The summed E-state index contributed by atoms with van der Waals surface area (Å²) in [5.41, 5.74) is 1.73. The lowest BCUT2D eigenvalue weighted by molar-refractivity contribution is 0.187. The average molecular weight is 339 g/mol. The van der Waals surface area contributed by atoms with Crippen LogP contribution in [0, 0.1) is 5.82 Å². The number of amides is 2. The lowest BCUT2D eigenvalue weighted by Gasteiger charge is -2.25. The Morgan fingerprint density at radius 3 is 2.72 bits per heavy atom. The van der Waals surface area contributed by atoms with Gasteiger partial charge in [0.1, 0.15) is 5.82 Å². The normalized spacial score (nSPS) is 25.5. The molecule has 25 heavy (non-hydrogen) atoms. The van der Waals surface area contributed by atoms with Gasteiger partial charge >= 0.3 is 6.03 Å². The van der Waals surface area contributed by atoms with Crippen LogP contribution >= 0.6 is 0 Å². The van der Waals surface area contributed by atoms with Gasteiger partial charge in [-0.2, -0.15) is 0 Å². The largest absolute Gasteiger partial charge is 0.322 e. The van der Waals surface area contributed by atoms with Gasteiger partial charge in [-0.05, 0) is 36.6 Å². The summed E-state index contributed by atoms with van der Waals surface area (Å²) in [6, 6.07) is 13.1. The van der Waals surface area contributed by atoms with Gasteiger partial charge in [-0.25, -0.2) is 9.18 Å². The number of carbonyl (C=O) groups is 1. The topological polar surface area (TPSA) is 36.4 Å². The molecule has 0 bridgehead atoms. The molecule has 1 saturated heterocycles. The predicted octanol–water partition coefficient (Wildman–Crippen LogP) is 3.45. The van der Waals surface area contributed by atoms with E-state index in [-0.39, 0.29) is 29.8 Å². The second-order valence-electron chi connectivity index (χ2n) is 6.92. The lowest BCUT2D eigenvalue weighted by atomic mass is 9.92. The summed E-state index contributed by atoms with van der Waals surface area (Å²) in [7, 11) is 1.85. The Morgan fingerprint density at radius 2 is 1.96 bits per heavy atom. The van der Waals surface area contributed by atoms with E-state index in [9.17, 15) is 9.18 Å². The van der Waals surface area contributed by atoms with Crippen LogP contribution in [0.4, 0.5) is 9.18 Å². The molecule has 130 valence electrons. The van der Waals surface area contributed by atoms with Crippen LogP contribution in [-0.2, 0) is 6.42 Å². The van der Waals surface area contributed by atoms with Gasteiger partial charge < -0.3 is 9.80 Å². The summed E-state index contributed by atoms with van der Waals surface area (Å²) in [4.78, 5) is 20.9. The highest BCUT2D eigenvalue weighted by molar-refractivity contribution is 5.78. The van der Waals surface area contributed by atoms with Gasteiger partial charge in [-0.3, -0.25) is 4.98 Å². The van der Waals surface area contributed by atoms with Gasteiger partial charge in [-0.15, -0.1) is 0 Å². The van der Waals surface area contributed by atoms with Crippen LogP contribution in [0.15, 0.2) is 48.7 Å². The third-order valence-electron chi connectivity index (χ3n) is 5.61. The number of hydrogen-bond acceptors (Lipinski definition) is 2. The highest BCUT2D eigenvalue weighted by atomic mass is 19.1. The highest BCUT2D eigenvalue weighted by Gasteiger charge is 2.51. The van der Waals surface area contributed by atoms with Crippen molar-refractivity contribution in [2.24, 2.45) is 0 Å². The van der Waals surface area contributed by atoms with E-state index in [4.69, 9.17) is 0 Å². The van der Waals surface area contributed by atoms with Crippen molar-refractivity contribution in [3.8, 4) is 0 Å². The first-order chi connectivity index (χ1) is 12.2. The van der Waals surface area contributed by atoms with Gasteiger partial charge in [0.25, 0.3) is 0 Å². The molecule has 0 unspecified atom stereocenters. The number of pyridine rings is 1. The Balaban J connectivity index is 1.53. The molecular weight excluding hydrogens is 317 g/mol. The number of nitrogens with zero attached hydrogens (tertiary/aromatic N) is 3. The number of urea groups is 1. The maximum Gasteiger partial charge on any atom is 0.320 e. The monoisotopic (exact) mass is 339 g/mol. The smallest absolute Gasteiger partial charge is 0.320 e. The summed E-state index contributed by atoms with van der Waals surface area (Å²) >= 11 is 0. The van der Waals surface area contributed by atoms with E-state index in [1.165, 1.54) is 6.07 Å². The van der Waals surface area contributed by atoms with Crippen molar-refractivity contribution in [2.45, 2.75) is 37.3 Å². The van der Waals surface area contributed by atoms with Crippen molar-refractivity contribution >= 4 is 6.03 Å². The van der Waals surface area contributed by atoms with E-state index < -0.39 is 0 Å². The van der Waals surface area contributed by atoms with E-state index in [1.807, 2.05) is 47.2 Å². The molecule has 2 fully saturated rings. The number of rotatable bonds is 4. The number of halogens is 1. The SMILES string of the molecule is CN1C(=O)N(CCc2ccccn2)[C@H]2CC[C@@H](c3ccccc3F)[C@H]21. The first-order valence-electron chi connectivity index (χ1n) is 8.84. The highest BCUT2D eigenvalue weighted by Crippen LogP contribution is 2.44. The molecule has 3 atom stereocenters. The molecule has 1 aliphatic carbocycles. The van der Waals surface area contributed by atoms with Crippen LogP contribution in [0.3, 0.4) is 0 Å². The van der Waals surface area contributed by atoms with Gasteiger partial charge in [-0.1, -0.05) is 24.3 Å². The summed E-state index contributed by atoms with van der Waals surface area (Å²) in [6.45, 7) is 0.658. The molecule has 1 aromatic heterocycles. The first kappa shape index (κ1) is 16.1. The van der Waals surface area contributed by atoms with Crippen LogP contribution < -0.4 is 0 Å². The van der Waals surface area contributed by atoms with Crippen LogP contribution in [0.1, 0.15) is 30.0 Å². The quantitative estimate of drug-likeness (QED) is 0.855. The molecule has 2 heterocycles. The maximum atomic E-state index is 14.3. The van der Waals surface area contributed by atoms with Crippen LogP contribution in [0.5, 0.6) is 0 Å². The minimum Gasteiger partial charge on any atom is -0.322 e. The zero-order valence-electron chi connectivity index (χ0n) is 14.3. The molecule has 1 aliphatic heterocycles. The zero-order chi connectivity index (χ0) is 17.4. The second kappa shape index (κ2) is 6.47. The summed E-state index contributed by atoms with van der Waals surface area (Å²) in [5, 5.41) is 0. The number of hydrogen-bond donors (Lipinski definition) is 0. The number of carbonyl (C=O) groups excluding carboxylic acids is 1. The molecule has 2 aromatic rings. The molecule has 2 aliphatic rings. The van der Waals surface area contributed by atoms with Crippen molar-refractivity contribution in [1.82, 2.24) is 14.8 Å². The fourth-order valence-electron chi connectivity index (χ4n) is 4.46. The number of benzene rings is 1. The third-order valence-corrected chi connectivity index (χ3v) is 5.61.